The van der Waals surface area contributed by atoms with Crippen LogP contribution in [0.4, 0.5) is 5.13 Å². The topological polar surface area (TPSA) is 68.3 Å². The average Bonchev–Trinajstić information content (AvgIpc) is 2.95. The molecule has 1 N–H and O–H groups in total. The third kappa shape index (κ3) is 5.37. The maximum atomic E-state index is 12.3. The number of benzene rings is 1. The Labute approximate surface area is 143 Å². The fourth-order valence-corrected chi connectivity index (χ4v) is 3.16. The smallest absolute Gasteiger partial charge is 0.311 e. The molecular weight excluding hydrogens is 332 g/mol. The molecule has 122 valence electrons. The molecule has 0 radical (unpaired) electrons. The lowest BCUT2D eigenvalue weighted by Gasteiger charge is -2.04. The van der Waals surface area contributed by atoms with Gasteiger partial charge in [-0.3, -0.25) is 14.9 Å². The van der Waals surface area contributed by atoms with Gasteiger partial charge in [-0.2, -0.15) is 11.8 Å². The number of thioether (sulfide) groups is 1. The summed E-state index contributed by atoms with van der Waals surface area (Å²) in [6, 6.07) is 7.51. The summed E-state index contributed by atoms with van der Waals surface area (Å²) in [4.78, 5) is 27.9. The molecular formula is C16H18N2O3S2. The first kappa shape index (κ1) is 17.5. The van der Waals surface area contributed by atoms with E-state index in [0.29, 0.717) is 23.0 Å². The van der Waals surface area contributed by atoms with Crippen molar-refractivity contribution in [2.75, 3.05) is 18.2 Å². The number of ether oxygens (including phenoxy) is 1. The Balaban J connectivity index is 1.99. The van der Waals surface area contributed by atoms with Gasteiger partial charge in [0.1, 0.15) is 0 Å². The van der Waals surface area contributed by atoms with E-state index in [1.165, 1.54) is 11.3 Å². The number of carbonyl (C=O) groups excluding carboxylic acids is 2. The van der Waals surface area contributed by atoms with Crippen molar-refractivity contribution >= 4 is 40.1 Å². The Morgan fingerprint density at radius 2 is 2.22 bits per heavy atom. The highest BCUT2D eigenvalue weighted by Crippen LogP contribution is 2.18. The van der Waals surface area contributed by atoms with Crippen molar-refractivity contribution in [3.8, 4) is 0 Å². The second-order valence-electron chi connectivity index (χ2n) is 4.71. The van der Waals surface area contributed by atoms with Gasteiger partial charge < -0.3 is 4.74 Å². The van der Waals surface area contributed by atoms with Crippen molar-refractivity contribution in [3.63, 3.8) is 0 Å². The second-order valence-corrected chi connectivity index (χ2v) is 6.44. The zero-order valence-electron chi connectivity index (χ0n) is 13.0. The Morgan fingerprint density at radius 3 is 2.96 bits per heavy atom. The molecule has 1 aromatic heterocycles. The van der Waals surface area contributed by atoms with Crippen LogP contribution < -0.4 is 5.32 Å². The van der Waals surface area contributed by atoms with E-state index < -0.39 is 0 Å². The molecule has 2 rings (SSSR count). The van der Waals surface area contributed by atoms with Gasteiger partial charge in [-0.05, 0) is 30.9 Å². The van der Waals surface area contributed by atoms with Gasteiger partial charge in [0.05, 0.1) is 18.7 Å². The minimum Gasteiger partial charge on any atom is -0.466 e. The number of thiazole rings is 1. The van der Waals surface area contributed by atoms with Crippen LogP contribution in [0.1, 0.15) is 28.5 Å². The molecule has 0 saturated heterocycles. The summed E-state index contributed by atoms with van der Waals surface area (Å²) in [7, 11) is 0. The van der Waals surface area contributed by atoms with Crippen molar-refractivity contribution in [1.82, 2.24) is 4.98 Å². The van der Waals surface area contributed by atoms with Gasteiger partial charge in [0.25, 0.3) is 5.91 Å². The van der Waals surface area contributed by atoms with Crippen LogP contribution in [0.3, 0.4) is 0 Å². The van der Waals surface area contributed by atoms with Gasteiger partial charge >= 0.3 is 5.97 Å². The first-order valence-corrected chi connectivity index (χ1v) is 9.39. The molecule has 0 atom stereocenters. The molecule has 1 aromatic carbocycles. The monoisotopic (exact) mass is 350 g/mol. The molecule has 0 unspecified atom stereocenters. The number of aromatic nitrogens is 1. The highest BCUT2D eigenvalue weighted by molar-refractivity contribution is 7.97. The summed E-state index contributed by atoms with van der Waals surface area (Å²) >= 11 is 3.00. The summed E-state index contributed by atoms with van der Waals surface area (Å²) in [5.74, 6) is 0.340. The van der Waals surface area contributed by atoms with Crippen LogP contribution in [0.5, 0.6) is 0 Å². The first-order valence-electron chi connectivity index (χ1n) is 7.11. The SMILES string of the molecule is CCOC(=O)Cc1csc(NC(=O)c2cccc(CSC)c2)n1. The summed E-state index contributed by atoms with van der Waals surface area (Å²) in [6.45, 7) is 2.11. The van der Waals surface area contributed by atoms with E-state index in [9.17, 15) is 9.59 Å². The van der Waals surface area contributed by atoms with Gasteiger partial charge in [0.2, 0.25) is 0 Å². The third-order valence-corrected chi connectivity index (χ3v) is 4.33. The first-order chi connectivity index (χ1) is 11.1. The minimum absolute atomic E-state index is 0.115. The summed E-state index contributed by atoms with van der Waals surface area (Å²) in [5.41, 5.74) is 2.30. The molecule has 0 bridgehead atoms. The number of nitrogens with one attached hydrogen (secondary N) is 1. The van der Waals surface area contributed by atoms with Gasteiger partial charge in [-0.25, -0.2) is 4.98 Å². The third-order valence-electron chi connectivity index (χ3n) is 2.90. The molecule has 1 heterocycles. The lowest BCUT2D eigenvalue weighted by molar-refractivity contribution is -0.142. The number of amides is 1. The quantitative estimate of drug-likeness (QED) is 0.776. The summed E-state index contributed by atoms with van der Waals surface area (Å²) in [5, 5.41) is 4.99. The molecule has 1 amide bonds. The van der Waals surface area contributed by atoms with Gasteiger partial charge in [-0.1, -0.05) is 12.1 Å². The van der Waals surface area contributed by atoms with Crippen molar-refractivity contribution in [2.45, 2.75) is 19.1 Å². The Bertz CT molecular complexity index is 685. The van der Waals surface area contributed by atoms with E-state index in [2.05, 4.69) is 10.3 Å². The number of esters is 1. The maximum Gasteiger partial charge on any atom is 0.311 e. The summed E-state index contributed by atoms with van der Waals surface area (Å²) in [6.07, 6.45) is 2.14. The van der Waals surface area contributed by atoms with Crippen LogP contribution >= 0.6 is 23.1 Å². The van der Waals surface area contributed by atoms with Gasteiger partial charge in [-0.15, -0.1) is 11.3 Å². The number of rotatable bonds is 7. The van der Waals surface area contributed by atoms with Crippen LogP contribution in [0.25, 0.3) is 0 Å². The van der Waals surface area contributed by atoms with Gasteiger partial charge in [0, 0.05) is 16.7 Å². The number of carbonyl (C=O) groups is 2. The molecule has 5 nitrogen and oxygen atoms in total. The van der Waals surface area contributed by atoms with Crippen molar-refractivity contribution in [1.29, 1.82) is 0 Å². The van der Waals surface area contributed by atoms with Crippen LogP contribution in [-0.2, 0) is 21.7 Å². The molecule has 0 aliphatic rings. The zero-order chi connectivity index (χ0) is 16.7. The number of anilines is 1. The Hall–Kier alpha value is -1.86. The molecule has 7 heteroatoms. The normalized spacial score (nSPS) is 10.3. The Morgan fingerprint density at radius 1 is 1.39 bits per heavy atom. The standard InChI is InChI=1S/C16H18N2O3S2/c1-3-21-14(19)8-13-10-23-16(17-13)18-15(20)12-6-4-5-11(7-12)9-22-2/h4-7,10H,3,8-9H2,1-2H3,(H,17,18,20). The molecule has 0 aliphatic carbocycles. The molecule has 0 fully saturated rings. The molecule has 0 spiro atoms. The molecule has 2 aromatic rings. The fraction of sp³-hybridized carbons (Fsp3) is 0.312. The van der Waals surface area contributed by atoms with Crippen molar-refractivity contribution in [3.05, 3.63) is 46.5 Å². The number of nitrogens with zero attached hydrogens (tertiary/aromatic N) is 1. The van der Waals surface area contributed by atoms with E-state index in [0.717, 1.165) is 11.3 Å². The van der Waals surface area contributed by atoms with Crippen LogP contribution in [0.15, 0.2) is 29.6 Å². The summed E-state index contributed by atoms with van der Waals surface area (Å²) < 4.78 is 4.88. The Kier molecular flexibility index (Phi) is 6.61. The predicted molar refractivity (Wildman–Crippen MR) is 94.1 cm³/mol. The number of hydrogen-bond donors (Lipinski definition) is 1. The lowest BCUT2D eigenvalue weighted by atomic mass is 10.1. The van der Waals surface area contributed by atoms with Crippen molar-refractivity contribution < 1.29 is 14.3 Å². The molecule has 0 saturated carbocycles. The van der Waals surface area contributed by atoms with E-state index in [-0.39, 0.29) is 18.3 Å². The largest absolute Gasteiger partial charge is 0.466 e. The zero-order valence-corrected chi connectivity index (χ0v) is 14.6. The maximum absolute atomic E-state index is 12.3. The predicted octanol–water partition coefficient (Wildman–Crippen LogP) is 3.36. The molecule has 0 aliphatic heterocycles. The lowest BCUT2D eigenvalue weighted by Crippen LogP contribution is -2.12. The molecule has 23 heavy (non-hydrogen) atoms. The van der Waals surface area contributed by atoms with E-state index in [1.54, 1.807) is 30.1 Å². The van der Waals surface area contributed by atoms with Crippen LogP contribution in [0.2, 0.25) is 0 Å². The van der Waals surface area contributed by atoms with E-state index in [1.807, 2.05) is 24.5 Å². The minimum atomic E-state index is -0.319. The van der Waals surface area contributed by atoms with E-state index >= 15 is 0 Å². The number of hydrogen-bond acceptors (Lipinski definition) is 6. The van der Waals surface area contributed by atoms with Crippen molar-refractivity contribution in [2.24, 2.45) is 0 Å². The average molecular weight is 350 g/mol. The second kappa shape index (κ2) is 8.69. The van der Waals surface area contributed by atoms with Gasteiger partial charge in [0.15, 0.2) is 5.13 Å². The highest BCUT2D eigenvalue weighted by Gasteiger charge is 2.12. The fourth-order valence-electron chi connectivity index (χ4n) is 1.94. The van der Waals surface area contributed by atoms with E-state index in [4.69, 9.17) is 4.74 Å². The van der Waals surface area contributed by atoms with Crippen LogP contribution in [-0.4, -0.2) is 29.7 Å². The van der Waals surface area contributed by atoms with Crippen LogP contribution in [0, 0.1) is 0 Å². The highest BCUT2D eigenvalue weighted by atomic mass is 32.2.